The molecule has 1 saturated carbocycles. The highest BCUT2D eigenvalue weighted by atomic mass is 16.2. The number of H-pyrrole nitrogens is 1. The summed E-state index contributed by atoms with van der Waals surface area (Å²) in [5.74, 6) is 0.729. The Morgan fingerprint density at radius 3 is 2.95 bits per heavy atom. The molecule has 0 spiro atoms. The highest BCUT2D eigenvalue weighted by Crippen LogP contribution is 2.30. The lowest BCUT2D eigenvalue weighted by Crippen LogP contribution is -2.45. The van der Waals surface area contributed by atoms with E-state index in [1.807, 2.05) is 11.0 Å². The zero-order valence-corrected chi connectivity index (χ0v) is 11.2. The lowest BCUT2D eigenvalue weighted by Gasteiger charge is -2.34. The number of hydrogen-bond donors (Lipinski definition) is 2. The number of hydrogen-bond acceptors (Lipinski definition) is 3. The lowest BCUT2D eigenvalue weighted by atomic mass is 9.93. The van der Waals surface area contributed by atoms with Crippen molar-refractivity contribution in [1.82, 2.24) is 15.1 Å². The first kappa shape index (κ1) is 12.7. The van der Waals surface area contributed by atoms with Gasteiger partial charge in [0.25, 0.3) is 0 Å². The van der Waals surface area contributed by atoms with E-state index in [2.05, 4.69) is 10.2 Å². The van der Waals surface area contributed by atoms with E-state index in [0.717, 1.165) is 50.9 Å². The number of rotatable bonds is 2. The Morgan fingerprint density at radius 1 is 1.37 bits per heavy atom. The van der Waals surface area contributed by atoms with Crippen molar-refractivity contribution in [2.45, 2.75) is 44.1 Å². The van der Waals surface area contributed by atoms with Gasteiger partial charge in [-0.2, -0.15) is 5.10 Å². The predicted octanol–water partition coefficient (Wildman–Crippen LogP) is 1.24. The summed E-state index contributed by atoms with van der Waals surface area (Å²) in [6.07, 6.45) is 7.03. The van der Waals surface area contributed by atoms with Crippen molar-refractivity contribution in [3.63, 3.8) is 0 Å². The summed E-state index contributed by atoms with van der Waals surface area (Å²) in [7, 11) is 0. The normalized spacial score (nSPS) is 31.6. The Bertz CT molecular complexity index is 431. The molecular weight excluding hydrogens is 240 g/mol. The van der Waals surface area contributed by atoms with E-state index in [0.29, 0.717) is 5.92 Å². The van der Waals surface area contributed by atoms with Gasteiger partial charge < -0.3 is 10.6 Å². The average molecular weight is 262 g/mol. The van der Waals surface area contributed by atoms with Crippen molar-refractivity contribution >= 4 is 5.91 Å². The molecule has 1 amide bonds. The van der Waals surface area contributed by atoms with Gasteiger partial charge in [-0.15, -0.1) is 0 Å². The van der Waals surface area contributed by atoms with Gasteiger partial charge in [0.15, 0.2) is 0 Å². The molecule has 1 aliphatic heterocycles. The predicted molar refractivity (Wildman–Crippen MR) is 72.5 cm³/mol. The standard InChI is InChI=1S/C14H22N4O/c15-12-5-1-4-11(12)14(19)18-8-2-3-10(9-18)13-6-7-16-17-13/h6-7,10-12H,1-5,8-9,15H2,(H,16,17)/t10-,11-,12-/m1/s1. The third-order valence-corrected chi connectivity index (χ3v) is 4.58. The molecule has 1 aromatic heterocycles. The first-order chi connectivity index (χ1) is 9.25. The van der Waals surface area contributed by atoms with Crippen LogP contribution < -0.4 is 5.73 Å². The van der Waals surface area contributed by atoms with Gasteiger partial charge in [0.1, 0.15) is 0 Å². The number of nitrogens with one attached hydrogen (secondary N) is 1. The molecule has 2 aliphatic rings. The maximum Gasteiger partial charge on any atom is 0.227 e. The summed E-state index contributed by atoms with van der Waals surface area (Å²) < 4.78 is 0. The number of carbonyl (C=O) groups excluding carboxylic acids is 1. The number of aromatic amines is 1. The van der Waals surface area contributed by atoms with Gasteiger partial charge in [-0.3, -0.25) is 9.89 Å². The molecule has 0 bridgehead atoms. The van der Waals surface area contributed by atoms with Crippen LogP contribution in [0.2, 0.25) is 0 Å². The van der Waals surface area contributed by atoms with Crippen LogP contribution in [0.1, 0.15) is 43.7 Å². The summed E-state index contributed by atoms with van der Waals surface area (Å²) in [4.78, 5) is 14.6. The van der Waals surface area contributed by atoms with Crippen LogP contribution in [0.3, 0.4) is 0 Å². The van der Waals surface area contributed by atoms with Crippen molar-refractivity contribution in [1.29, 1.82) is 0 Å². The fourth-order valence-electron chi connectivity index (χ4n) is 3.46. The van der Waals surface area contributed by atoms with E-state index in [4.69, 9.17) is 5.73 Å². The van der Waals surface area contributed by atoms with E-state index in [-0.39, 0.29) is 17.9 Å². The highest BCUT2D eigenvalue weighted by Gasteiger charge is 2.35. The number of carbonyl (C=O) groups is 1. The second-order valence-electron chi connectivity index (χ2n) is 5.84. The smallest absolute Gasteiger partial charge is 0.227 e. The van der Waals surface area contributed by atoms with Crippen LogP contribution in [0.15, 0.2) is 12.3 Å². The molecule has 2 fully saturated rings. The molecule has 0 aromatic carbocycles. The fraction of sp³-hybridized carbons (Fsp3) is 0.714. The molecule has 1 aliphatic carbocycles. The van der Waals surface area contributed by atoms with Gasteiger partial charge >= 0.3 is 0 Å². The molecule has 1 aromatic rings. The topological polar surface area (TPSA) is 75.0 Å². The Labute approximate surface area is 113 Å². The van der Waals surface area contributed by atoms with Crippen molar-refractivity contribution in [3.05, 3.63) is 18.0 Å². The quantitative estimate of drug-likeness (QED) is 0.842. The summed E-state index contributed by atoms with van der Waals surface area (Å²) in [5, 5.41) is 7.04. The molecule has 5 nitrogen and oxygen atoms in total. The number of piperidine rings is 1. The second-order valence-corrected chi connectivity index (χ2v) is 5.84. The molecule has 3 rings (SSSR count). The maximum absolute atomic E-state index is 12.5. The van der Waals surface area contributed by atoms with Crippen LogP contribution in [0.4, 0.5) is 0 Å². The van der Waals surface area contributed by atoms with Crippen molar-refractivity contribution < 1.29 is 4.79 Å². The Hall–Kier alpha value is -1.36. The van der Waals surface area contributed by atoms with Crippen LogP contribution >= 0.6 is 0 Å². The van der Waals surface area contributed by atoms with Crippen molar-refractivity contribution in [2.75, 3.05) is 13.1 Å². The van der Waals surface area contributed by atoms with Gasteiger partial charge in [0.2, 0.25) is 5.91 Å². The van der Waals surface area contributed by atoms with Crippen LogP contribution in [-0.2, 0) is 4.79 Å². The third-order valence-electron chi connectivity index (χ3n) is 4.58. The number of amides is 1. The second kappa shape index (κ2) is 5.33. The van der Waals surface area contributed by atoms with E-state index in [1.54, 1.807) is 6.20 Å². The highest BCUT2D eigenvalue weighted by molar-refractivity contribution is 5.80. The van der Waals surface area contributed by atoms with Gasteiger partial charge in [0, 0.05) is 36.9 Å². The SMILES string of the molecule is N[C@@H]1CCC[C@H]1C(=O)N1CCC[C@@H](c2ccn[nH]2)C1. The van der Waals surface area contributed by atoms with E-state index in [9.17, 15) is 4.79 Å². The maximum atomic E-state index is 12.5. The molecule has 19 heavy (non-hydrogen) atoms. The summed E-state index contributed by atoms with van der Waals surface area (Å²) >= 11 is 0. The molecule has 0 radical (unpaired) electrons. The van der Waals surface area contributed by atoms with E-state index < -0.39 is 0 Å². The zero-order chi connectivity index (χ0) is 13.2. The molecule has 5 heteroatoms. The minimum Gasteiger partial charge on any atom is -0.342 e. The minimum absolute atomic E-state index is 0.0560. The number of nitrogens with two attached hydrogens (primary N) is 1. The first-order valence-electron chi connectivity index (χ1n) is 7.29. The Kier molecular flexibility index (Phi) is 3.55. The largest absolute Gasteiger partial charge is 0.342 e. The monoisotopic (exact) mass is 262 g/mol. The van der Waals surface area contributed by atoms with Gasteiger partial charge in [-0.1, -0.05) is 6.42 Å². The number of likely N-dealkylation sites (tertiary alicyclic amines) is 1. The summed E-state index contributed by atoms with van der Waals surface area (Å²) in [6, 6.07) is 2.08. The lowest BCUT2D eigenvalue weighted by molar-refractivity contribution is -0.137. The number of nitrogens with zero attached hydrogens (tertiary/aromatic N) is 2. The van der Waals surface area contributed by atoms with Gasteiger partial charge in [-0.25, -0.2) is 0 Å². The average Bonchev–Trinajstić information content (AvgIpc) is 3.09. The molecule has 1 saturated heterocycles. The van der Waals surface area contributed by atoms with Crippen molar-refractivity contribution in [2.24, 2.45) is 11.7 Å². The summed E-state index contributed by atoms with van der Waals surface area (Å²) in [5.41, 5.74) is 7.20. The van der Waals surface area contributed by atoms with E-state index in [1.165, 1.54) is 0 Å². The molecule has 3 atom stereocenters. The van der Waals surface area contributed by atoms with Gasteiger partial charge in [-0.05, 0) is 31.7 Å². The Balaban J connectivity index is 1.66. The molecular formula is C14H22N4O. The molecule has 104 valence electrons. The van der Waals surface area contributed by atoms with Gasteiger partial charge in [0.05, 0.1) is 5.92 Å². The fourth-order valence-corrected chi connectivity index (χ4v) is 3.46. The van der Waals surface area contributed by atoms with Crippen LogP contribution in [0.25, 0.3) is 0 Å². The van der Waals surface area contributed by atoms with Crippen LogP contribution in [-0.4, -0.2) is 40.1 Å². The zero-order valence-electron chi connectivity index (χ0n) is 11.2. The molecule has 2 heterocycles. The minimum atomic E-state index is 0.0560. The van der Waals surface area contributed by atoms with E-state index >= 15 is 0 Å². The van der Waals surface area contributed by atoms with Crippen molar-refractivity contribution in [3.8, 4) is 0 Å². The third kappa shape index (κ3) is 2.52. The van der Waals surface area contributed by atoms with Crippen LogP contribution in [0, 0.1) is 5.92 Å². The summed E-state index contributed by atoms with van der Waals surface area (Å²) in [6.45, 7) is 1.69. The van der Waals surface area contributed by atoms with Crippen LogP contribution in [0.5, 0.6) is 0 Å². The molecule has 3 N–H and O–H groups in total. The first-order valence-corrected chi connectivity index (χ1v) is 7.29. The molecule has 0 unspecified atom stereocenters. The number of aromatic nitrogens is 2. The Morgan fingerprint density at radius 2 is 2.26 bits per heavy atom.